The van der Waals surface area contributed by atoms with E-state index in [1.807, 2.05) is 4.90 Å². The highest BCUT2D eigenvalue weighted by atomic mass is 16.6. The molecule has 0 aromatic rings. The van der Waals surface area contributed by atoms with Crippen LogP contribution in [0.25, 0.3) is 0 Å². The molecule has 7 heteroatoms. The average Bonchev–Trinajstić information content (AvgIpc) is 2.46. The fraction of sp³-hybridized carbons (Fsp3) is 0.857. The SMILES string of the molecule is CCOC(=O)C(CN1CCCN(CCO)C1)C(=O)OCC. The first-order chi connectivity index (χ1) is 10.1. The minimum Gasteiger partial charge on any atom is -0.465 e. The minimum atomic E-state index is -0.904. The van der Waals surface area contributed by atoms with Crippen LogP contribution in [0, 0.1) is 5.92 Å². The summed E-state index contributed by atoms with van der Waals surface area (Å²) in [6.45, 7) is 7.27. The van der Waals surface area contributed by atoms with Crippen LogP contribution in [0.2, 0.25) is 0 Å². The molecule has 0 aliphatic carbocycles. The molecule has 7 nitrogen and oxygen atoms in total. The van der Waals surface area contributed by atoms with E-state index < -0.39 is 17.9 Å². The van der Waals surface area contributed by atoms with Gasteiger partial charge in [0.2, 0.25) is 0 Å². The highest BCUT2D eigenvalue weighted by Crippen LogP contribution is 2.12. The minimum absolute atomic E-state index is 0.104. The topological polar surface area (TPSA) is 79.3 Å². The molecule has 1 fully saturated rings. The van der Waals surface area contributed by atoms with Crippen molar-refractivity contribution in [2.45, 2.75) is 20.3 Å². The van der Waals surface area contributed by atoms with Crippen LogP contribution in [0.15, 0.2) is 0 Å². The van der Waals surface area contributed by atoms with Gasteiger partial charge in [-0.15, -0.1) is 0 Å². The van der Waals surface area contributed by atoms with Gasteiger partial charge in [0.15, 0.2) is 5.92 Å². The van der Waals surface area contributed by atoms with Gasteiger partial charge in [-0.3, -0.25) is 19.4 Å². The molecule has 0 saturated carbocycles. The van der Waals surface area contributed by atoms with Gasteiger partial charge in [-0.2, -0.15) is 0 Å². The van der Waals surface area contributed by atoms with Crippen molar-refractivity contribution in [2.75, 3.05) is 52.7 Å². The van der Waals surface area contributed by atoms with Crippen LogP contribution in [0.1, 0.15) is 20.3 Å². The molecular weight excluding hydrogens is 276 g/mol. The van der Waals surface area contributed by atoms with Crippen molar-refractivity contribution < 1.29 is 24.2 Å². The first-order valence-electron chi connectivity index (χ1n) is 7.51. The van der Waals surface area contributed by atoms with Crippen LogP contribution in [-0.2, 0) is 19.1 Å². The van der Waals surface area contributed by atoms with Crippen LogP contribution in [0.4, 0.5) is 0 Å². The van der Waals surface area contributed by atoms with Gasteiger partial charge in [0.05, 0.1) is 26.5 Å². The Hall–Kier alpha value is -1.18. The Bertz CT molecular complexity index is 317. The third-order valence-corrected chi connectivity index (χ3v) is 3.35. The van der Waals surface area contributed by atoms with Gasteiger partial charge in [0, 0.05) is 26.2 Å². The van der Waals surface area contributed by atoms with E-state index in [0.29, 0.717) is 19.8 Å². The summed E-state index contributed by atoms with van der Waals surface area (Å²) in [5.41, 5.74) is 0. The van der Waals surface area contributed by atoms with Crippen molar-refractivity contribution in [2.24, 2.45) is 5.92 Å². The number of esters is 2. The molecule has 0 spiro atoms. The number of nitrogens with zero attached hydrogens (tertiary/aromatic N) is 2. The van der Waals surface area contributed by atoms with E-state index in [9.17, 15) is 9.59 Å². The zero-order valence-electron chi connectivity index (χ0n) is 12.9. The summed E-state index contributed by atoms with van der Waals surface area (Å²) >= 11 is 0. The molecule has 1 N–H and O–H groups in total. The molecular formula is C14H26N2O5. The molecule has 0 atom stereocenters. The number of ether oxygens (including phenoxy) is 2. The van der Waals surface area contributed by atoms with Crippen LogP contribution in [0.5, 0.6) is 0 Å². The standard InChI is InChI=1S/C14H26N2O5/c1-3-20-13(18)12(14(19)21-4-2)10-16-7-5-6-15(11-16)8-9-17/h12,17H,3-11H2,1-2H3. The zero-order chi connectivity index (χ0) is 15.7. The predicted molar refractivity (Wildman–Crippen MR) is 76.5 cm³/mol. The Kier molecular flexibility index (Phi) is 8.26. The lowest BCUT2D eigenvalue weighted by Crippen LogP contribution is -2.49. The average molecular weight is 302 g/mol. The van der Waals surface area contributed by atoms with E-state index in [1.165, 1.54) is 0 Å². The molecule has 1 saturated heterocycles. The van der Waals surface area contributed by atoms with E-state index in [-0.39, 0.29) is 19.8 Å². The van der Waals surface area contributed by atoms with Crippen molar-refractivity contribution in [3.05, 3.63) is 0 Å². The third kappa shape index (κ3) is 5.99. The van der Waals surface area contributed by atoms with Crippen molar-refractivity contribution in [1.82, 2.24) is 9.80 Å². The van der Waals surface area contributed by atoms with Crippen molar-refractivity contribution in [1.29, 1.82) is 0 Å². The molecule has 1 aliphatic rings. The largest absolute Gasteiger partial charge is 0.465 e. The maximum Gasteiger partial charge on any atom is 0.321 e. The summed E-state index contributed by atoms with van der Waals surface area (Å²) in [5.74, 6) is -1.97. The lowest BCUT2D eigenvalue weighted by atomic mass is 10.1. The number of aliphatic hydroxyl groups is 1. The Morgan fingerprint density at radius 3 is 2.19 bits per heavy atom. The lowest BCUT2D eigenvalue weighted by molar-refractivity contribution is -0.163. The molecule has 21 heavy (non-hydrogen) atoms. The number of aliphatic hydroxyl groups excluding tert-OH is 1. The number of carbonyl (C=O) groups excluding carboxylic acids is 2. The predicted octanol–water partition coefficient (Wildman–Crippen LogP) is -0.314. The summed E-state index contributed by atoms with van der Waals surface area (Å²) in [7, 11) is 0. The molecule has 0 unspecified atom stereocenters. The van der Waals surface area contributed by atoms with Crippen LogP contribution in [0.3, 0.4) is 0 Å². The van der Waals surface area contributed by atoms with Crippen molar-refractivity contribution in [3.8, 4) is 0 Å². The highest BCUT2D eigenvalue weighted by molar-refractivity contribution is 5.95. The monoisotopic (exact) mass is 302 g/mol. The summed E-state index contributed by atoms with van der Waals surface area (Å²) in [4.78, 5) is 28.0. The molecule has 1 aliphatic heterocycles. The van der Waals surface area contributed by atoms with Gasteiger partial charge in [-0.1, -0.05) is 0 Å². The normalized spacial score (nSPS) is 17.0. The lowest BCUT2D eigenvalue weighted by Gasteiger charge is -2.36. The van der Waals surface area contributed by atoms with E-state index in [4.69, 9.17) is 14.6 Å². The van der Waals surface area contributed by atoms with Crippen LogP contribution >= 0.6 is 0 Å². The smallest absolute Gasteiger partial charge is 0.321 e. The van der Waals surface area contributed by atoms with Gasteiger partial charge in [0.25, 0.3) is 0 Å². The third-order valence-electron chi connectivity index (χ3n) is 3.35. The zero-order valence-corrected chi connectivity index (χ0v) is 12.9. The van der Waals surface area contributed by atoms with Gasteiger partial charge in [-0.05, 0) is 20.3 Å². The Morgan fingerprint density at radius 2 is 1.67 bits per heavy atom. The van der Waals surface area contributed by atoms with E-state index in [1.54, 1.807) is 13.8 Å². The molecule has 0 amide bonds. The van der Waals surface area contributed by atoms with Gasteiger partial charge in [-0.25, -0.2) is 0 Å². The van der Waals surface area contributed by atoms with Gasteiger partial charge < -0.3 is 14.6 Å². The Labute approximate surface area is 125 Å². The van der Waals surface area contributed by atoms with Gasteiger partial charge in [0.1, 0.15) is 0 Å². The van der Waals surface area contributed by atoms with E-state index in [0.717, 1.165) is 19.5 Å². The van der Waals surface area contributed by atoms with E-state index >= 15 is 0 Å². The van der Waals surface area contributed by atoms with E-state index in [2.05, 4.69) is 4.90 Å². The molecule has 1 rings (SSSR count). The quantitative estimate of drug-likeness (QED) is 0.486. The summed E-state index contributed by atoms with van der Waals surface area (Å²) in [6.07, 6.45) is 0.943. The first kappa shape index (κ1) is 17.9. The van der Waals surface area contributed by atoms with Crippen molar-refractivity contribution >= 4 is 11.9 Å². The number of hydrogen-bond donors (Lipinski definition) is 1. The summed E-state index contributed by atoms with van der Waals surface area (Å²) in [5, 5.41) is 8.99. The van der Waals surface area contributed by atoms with Crippen LogP contribution in [-0.4, -0.2) is 79.5 Å². The Morgan fingerprint density at radius 1 is 1.10 bits per heavy atom. The summed E-state index contributed by atoms with van der Waals surface area (Å²) < 4.78 is 9.93. The second-order valence-electron chi connectivity index (χ2n) is 4.97. The van der Waals surface area contributed by atoms with Gasteiger partial charge >= 0.3 is 11.9 Å². The molecule has 122 valence electrons. The molecule has 1 heterocycles. The number of hydrogen-bond acceptors (Lipinski definition) is 7. The first-order valence-corrected chi connectivity index (χ1v) is 7.51. The molecule has 0 aromatic carbocycles. The maximum atomic E-state index is 11.9. The Balaban J connectivity index is 2.62. The molecule has 0 radical (unpaired) electrons. The van der Waals surface area contributed by atoms with Crippen molar-refractivity contribution in [3.63, 3.8) is 0 Å². The molecule has 0 aromatic heterocycles. The second-order valence-corrected chi connectivity index (χ2v) is 4.97. The number of rotatable bonds is 8. The molecule has 0 bridgehead atoms. The summed E-state index contributed by atoms with van der Waals surface area (Å²) in [6, 6.07) is 0. The fourth-order valence-electron chi connectivity index (χ4n) is 2.40. The maximum absolute atomic E-state index is 11.9. The fourth-order valence-corrected chi connectivity index (χ4v) is 2.40. The number of carbonyl (C=O) groups is 2. The number of β-amino-alcohol motifs (C(OH)–C–C–N with tert-alkyl or cyclic N) is 1. The highest BCUT2D eigenvalue weighted by Gasteiger charge is 2.32. The second kappa shape index (κ2) is 9.70. The van der Waals surface area contributed by atoms with Crippen LogP contribution < -0.4 is 0 Å².